The molecule has 19 heavy (non-hydrogen) atoms. The van der Waals surface area contributed by atoms with Crippen molar-refractivity contribution >= 4 is 0 Å². The zero-order valence-electron chi connectivity index (χ0n) is 10.8. The summed E-state index contributed by atoms with van der Waals surface area (Å²) >= 11 is 0. The molecule has 1 aliphatic heterocycles. The highest BCUT2D eigenvalue weighted by Crippen LogP contribution is 2.35. The predicted octanol–water partition coefficient (Wildman–Crippen LogP) is 2.61. The molecule has 2 nitrogen and oxygen atoms in total. The van der Waals surface area contributed by atoms with Gasteiger partial charge < -0.3 is 10.4 Å². The van der Waals surface area contributed by atoms with Gasteiger partial charge in [-0.3, -0.25) is 0 Å². The summed E-state index contributed by atoms with van der Waals surface area (Å²) in [6.45, 7) is 2.94. The molecule has 106 valence electrons. The molecular formula is C14H18F3NO. The summed E-state index contributed by atoms with van der Waals surface area (Å²) in [6, 6.07) is 5.59. The van der Waals surface area contributed by atoms with Gasteiger partial charge in [-0.15, -0.1) is 0 Å². The van der Waals surface area contributed by atoms with Crippen molar-refractivity contribution in [1.82, 2.24) is 5.32 Å². The molecule has 2 unspecified atom stereocenters. The Labute approximate surface area is 110 Å². The van der Waals surface area contributed by atoms with Crippen molar-refractivity contribution in [1.29, 1.82) is 0 Å². The highest BCUT2D eigenvalue weighted by Gasteiger charge is 2.37. The topological polar surface area (TPSA) is 32.3 Å². The molecule has 1 aliphatic rings. The maximum Gasteiger partial charge on any atom is 0.416 e. The normalized spacial score (nSPS) is 28.4. The van der Waals surface area contributed by atoms with E-state index in [1.807, 2.05) is 0 Å². The van der Waals surface area contributed by atoms with Crippen molar-refractivity contribution in [3.05, 3.63) is 35.4 Å². The molecule has 1 aromatic rings. The average Bonchev–Trinajstić information content (AvgIpc) is 2.31. The van der Waals surface area contributed by atoms with Gasteiger partial charge in [0.2, 0.25) is 0 Å². The van der Waals surface area contributed by atoms with E-state index in [0.717, 1.165) is 6.07 Å². The summed E-state index contributed by atoms with van der Waals surface area (Å²) in [6.07, 6.45) is -3.55. The SMILES string of the molecule is CC1(O)CCNCC1Cc1ccccc1C(F)(F)F. The molecule has 0 aromatic heterocycles. The highest BCUT2D eigenvalue weighted by atomic mass is 19.4. The van der Waals surface area contributed by atoms with Crippen molar-refractivity contribution in [2.45, 2.75) is 31.5 Å². The first-order valence-corrected chi connectivity index (χ1v) is 6.39. The maximum atomic E-state index is 12.9. The monoisotopic (exact) mass is 273 g/mol. The first kappa shape index (κ1) is 14.3. The molecule has 0 spiro atoms. The van der Waals surface area contributed by atoms with Gasteiger partial charge in [-0.1, -0.05) is 18.2 Å². The van der Waals surface area contributed by atoms with Crippen LogP contribution in [0.2, 0.25) is 0 Å². The van der Waals surface area contributed by atoms with Gasteiger partial charge in [-0.2, -0.15) is 13.2 Å². The van der Waals surface area contributed by atoms with Crippen LogP contribution in [0.4, 0.5) is 13.2 Å². The van der Waals surface area contributed by atoms with Crippen LogP contribution in [0.15, 0.2) is 24.3 Å². The minimum Gasteiger partial charge on any atom is -0.390 e. The van der Waals surface area contributed by atoms with E-state index in [9.17, 15) is 18.3 Å². The van der Waals surface area contributed by atoms with Crippen LogP contribution in [0.1, 0.15) is 24.5 Å². The van der Waals surface area contributed by atoms with Gasteiger partial charge in [0.25, 0.3) is 0 Å². The Hall–Kier alpha value is -1.07. The lowest BCUT2D eigenvalue weighted by atomic mass is 9.79. The zero-order chi connectivity index (χ0) is 14.1. The Kier molecular flexibility index (Phi) is 3.87. The summed E-state index contributed by atoms with van der Waals surface area (Å²) in [5, 5.41) is 13.4. The number of nitrogens with one attached hydrogen (secondary N) is 1. The van der Waals surface area contributed by atoms with Gasteiger partial charge in [0.05, 0.1) is 11.2 Å². The van der Waals surface area contributed by atoms with Crippen LogP contribution in [0.5, 0.6) is 0 Å². The Morgan fingerprint density at radius 1 is 1.37 bits per heavy atom. The zero-order valence-corrected chi connectivity index (χ0v) is 10.8. The lowest BCUT2D eigenvalue weighted by molar-refractivity contribution is -0.138. The van der Waals surface area contributed by atoms with Gasteiger partial charge in [0.15, 0.2) is 0 Å². The third-order valence-corrected chi connectivity index (χ3v) is 3.87. The Balaban J connectivity index is 2.24. The van der Waals surface area contributed by atoms with Crippen LogP contribution in [-0.2, 0) is 12.6 Å². The second-order valence-corrected chi connectivity index (χ2v) is 5.37. The smallest absolute Gasteiger partial charge is 0.390 e. The fraction of sp³-hybridized carbons (Fsp3) is 0.571. The fourth-order valence-corrected chi connectivity index (χ4v) is 2.57. The maximum absolute atomic E-state index is 12.9. The Morgan fingerprint density at radius 2 is 2.05 bits per heavy atom. The third-order valence-electron chi connectivity index (χ3n) is 3.87. The molecule has 0 amide bonds. The van der Waals surface area contributed by atoms with Crippen LogP contribution < -0.4 is 5.32 Å². The van der Waals surface area contributed by atoms with Crippen LogP contribution in [0.25, 0.3) is 0 Å². The number of benzene rings is 1. The summed E-state index contributed by atoms with van der Waals surface area (Å²) in [7, 11) is 0. The summed E-state index contributed by atoms with van der Waals surface area (Å²) in [5.74, 6) is -0.204. The Morgan fingerprint density at radius 3 is 2.68 bits per heavy atom. The molecule has 1 saturated heterocycles. The van der Waals surface area contributed by atoms with Gasteiger partial charge >= 0.3 is 6.18 Å². The van der Waals surface area contributed by atoms with Crippen molar-refractivity contribution in [3.63, 3.8) is 0 Å². The van der Waals surface area contributed by atoms with Crippen molar-refractivity contribution in [2.75, 3.05) is 13.1 Å². The van der Waals surface area contributed by atoms with E-state index in [1.165, 1.54) is 12.1 Å². The van der Waals surface area contributed by atoms with Crippen LogP contribution in [-0.4, -0.2) is 23.8 Å². The number of hydrogen-bond donors (Lipinski definition) is 2. The van der Waals surface area contributed by atoms with E-state index < -0.39 is 17.3 Å². The molecule has 0 radical (unpaired) electrons. The first-order valence-electron chi connectivity index (χ1n) is 6.39. The van der Waals surface area contributed by atoms with Crippen molar-refractivity contribution < 1.29 is 18.3 Å². The van der Waals surface area contributed by atoms with Gasteiger partial charge in [0.1, 0.15) is 0 Å². The van der Waals surface area contributed by atoms with Gasteiger partial charge in [-0.25, -0.2) is 0 Å². The minimum absolute atomic E-state index is 0.204. The van der Waals surface area contributed by atoms with Gasteiger partial charge in [0, 0.05) is 12.5 Å². The standard InChI is InChI=1S/C14H18F3NO/c1-13(19)6-7-18-9-11(13)8-10-4-2-3-5-12(10)14(15,16)17/h2-5,11,18-19H,6-9H2,1H3. The number of aliphatic hydroxyl groups is 1. The first-order chi connectivity index (χ1) is 8.81. The Bertz CT molecular complexity index is 443. The number of piperidine rings is 1. The fourth-order valence-electron chi connectivity index (χ4n) is 2.57. The number of halogens is 3. The van der Waals surface area contributed by atoms with Crippen LogP contribution in [0, 0.1) is 5.92 Å². The minimum atomic E-state index is -4.34. The summed E-state index contributed by atoms with van der Waals surface area (Å²) in [5.41, 5.74) is -1.26. The van der Waals surface area contributed by atoms with Crippen molar-refractivity contribution in [2.24, 2.45) is 5.92 Å². The average molecular weight is 273 g/mol. The molecule has 1 fully saturated rings. The molecule has 1 aromatic carbocycles. The van der Waals surface area contributed by atoms with E-state index in [-0.39, 0.29) is 17.9 Å². The molecule has 5 heteroatoms. The summed E-state index contributed by atoms with van der Waals surface area (Å²) in [4.78, 5) is 0. The molecule has 0 bridgehead atoms. The second kappa shape index (κ2) is 5.13. The quantitative estimate of drug-likeness (QED) is 0.868. The van der Waals surface area contributed by atoms with Crippen LogP contribution in [0.3, 0.4) is 0 Å². The predicted molar refractivity (Wildman–Crippen MR) is 66.7 cm³/mol. The van der Waals surface area contributed by atoms with Gasteiger partial charge in [-0.05, 0) is 37.9 Å². The molecule has 2 N–H and O–H groups in total. The van der Waals surface area contributed by atoms with Crippen LogP contribution >= 0.6 is 0 Å². The van der Waals surface area contributed by atoms with E-state index >= 15 is 0 Å². The largest absolute Gasteiger partial charge is 0.416 e. The van der Waals surface area contributed by atoms with E-state index in [4.69, 9.17) is 0 Å². The molecule has 1 heterocycles. The number of rotatable bonds is 2. The molecule has 0 saturated carbocycles. The second-order valence-electron chi connectivity index (χ2n) is 5.37. The molecule has 2 atom stereocenters. The lowest BCUT2D eigenvalue weighted by Gasteiger charge is -2.38. The highest BCUT2D eigenvalue weighted by molar-refractivity contribution is 5.30. The molecule has 2 rings (SSSR count). The van der Waals surface area contributed by atoms with E-state index in [0.29, 0.717) is 19.5 Å². The molecular weight excluding hydrogens is 255 g/mol. The number of hydrogen-bond acceptors (Lipinski definition) is 2. The molecule has 0 aliphatic carbocycles. The third kappa shape index (κ3) is 3.28. The van der Waals surface area contributed by atoms with Crippen molar-refractivity contribution in [3.8, 4) is 0 Å². The lowest BCUT2D eigenvalue weighted by Crippen LogP contribution is -2.49. The van der Waals surface area contributed by atoms with E-state index in [1.54, 1.807) is 13.0 Å². The number of alkyl halides is 3. The van der Waals surface area contributed by atoms with E-state index in [2.05, 4.69) is 5.32 Å². The summed E-state index contributed by atoms with van der Waals surface area (Å²) < 4.78 is 38.8.